The zero-order valence-electron chi connectivity index (χ0n) is 20.2. The van der Waals surface area contributed by atoms with Gasteiger partial charge in [0.2, 0.25) is 10.0 Å². The lowest BCUT2D eigenvalue weighted by Gasteiger charge is -2.32. The van der Waals surface area contributed by atoms with Gasteiger partial charge in [0.1, 0.15) is 5.37 Å². The Morgan fingerprint density at radius 1 is 0.969 bits per heavy atom. The topological polar surface area (TPSA) is 122 Å². The van der Waals surface area contributed by atoms with Crippen LogP contribution in [0.15, 0.2) is 24.3 Å². The SMILES string of the molecule is CCN(CC)C(C)S(=O)(=O)Nc1ccc(B2OC(C)(C)C(C)(C)O2)cc1.CCS(=O)(=O)O. The highest BCUT2D eigenvalue weighted by Gasteiger charge is 2.51. The van der Waals surface area contributed by atoms with E-state index >= 15 is 0 Å². The predicted molar refractivity (Wildman–Crippen MR) is 129 cm³/mol. The summed E-state index contributed by atoms with van der Waals surface area (Å²) >= 11 is 0. The number of benzene rings is 1. The fourth-order valence-electron chi connectivity index (χ4n) is 2.87. The third-order valence-corrected chi connectivity index (χ3v) is 8.28. The molecule has 1 unspecified atom stereocenters. The Kier molecular flexibility index (Phi) is 9.77. The molecule has 0 bridgehead atoms. The highest BCUT2D eigenvalue weighted by Crippen LogP contribution is 2.36. The summed E-state index contributed by atoms with van der Waals surface area (Å²) in [6.07, 6.45) is 0. The first-order valence-electron chi connectivity index (χ1n) is 10.7. The van der Waals surface area contributed by atoms with Crippen LogP contribution < -0.4 is 10.2 Å². The Labute approximate surface area is 193 Å². The number of hydrogen-bond acceptors (Lipinski definition) is 7. The lowest BCUT2D eigenvalue weighted by Crippen LogP contribution is -2.41. The maximum Gasteiger partial charge on any atom is 0.494 e. The van der Waals surface area contributed by atoms with E-state index in [1.54, 1.807) is 19.1 Å². The van der Waals surface area contributed by atoms with E-state index in [9.17, 15) is 16.8 Å². The van der Waals surface area contributed by atoms with Crippen molar-refractivity contribution in [2.75, 3.05) is 23.6 Å². The molecule has 9 nitrogen and oxygen atoms in total. The summed E-state index contributed by atoms with van der Waals surface area (Å²) in [5.41, 5.74) is 0.585. The summed E-state index contributed by atoms with van der Waals surface area (Å²) in [6.45, 7) is 16.4. The number of sulfonamides is 1. The van der Waals surface area contributed by atoms with Crippen molar-refractivity contribution < 1.29 is 30.7 Å². The van der Waals surface area contributed by atoms with E-state index in [0.29, 0.717) is 18.8 Å². The van der Waals surface area contributed by atoms with E-state index in [1.165, 1.54) is 6.92 Å². The van der Waals surface area contributed by atoms with Gasteiger partial charge in [-0.2, -0.15) is 8.42 Å². The van der Waals surface area contributed by atoms with Crippen LogP contribution in [0, 0.1) is 0 Å². The summed E-state index contributed by atoms with van der Waals surface area (Å²) < 4.78 is 66.8. The Morgan fingerprint density at radius 2 is 1.38 bits per heavy atom. The molecular formula is C20H37BN2O7S2. The number of rotatable bonds is 8. The van der Waals surface area contributed by atoms with Crippen LogP contribution in [0.4, 0.5) is 5.69 Å². The lowest BCUT2D eigenvalue weighted by atomic mass is 9.79. The molecule has 12 heteroatoms. The van der Waals surface area contributed by atoms with Crippen molar-refractivity contribution in [2.24, 2.45) is 0 Å². The Balaban J connectivity index is 0.000000751. The highest BCUT2D eigenvalue weighted by molar-refractivity contribution is 7.93. The fourth-order valence-corrected chi connectivity index (χ4v) is 4.20. The van der Waals surface area contributed by atoms with Gasteiger partial charge in [-0.05, 0) is 72.2 Å². The summed E-state index contributed by atoms with van der Waals surface area (Å²) in [7, 11) is -7.61. The summed E-state index contributed by atoms with van der Waals surface area (Å²) in [5.74, 6) is -0.201. The molecule has 1 aromatic rings. The minimum atomic E-state index is -3.66. The van der Waals surface area contributed by atoms with Crippen molar-refractivity contribution in [3.8, 4) is 0 Å². The van der Waals surface area contributed by atoms with Crippen LogP contribution in [-0.2, 0) is 29.5 Å². The monoisotopic (exact) mass is 492 g/mol. The number of hydrogen-bond donors (Lipinski definition) is 2. The van der Waals surface area contributed by atoms with Gasteiger partial charge in [0, 0.05) is 5.69 Å². The Hall–Kier alpha value is -1.18. The van der Waals surface area contributed by atoms with E-state index in [-0.39, 0.29) is 5.75 Å². The van der Waals surface area contributed by atoms with Crippen LogP contribution in [-0.4, -0.2) is 68.8 Å². The van der Waals surface area contributed by atoms with Gasteiger partial charge in [-0.15, -0.1) is 0 Å². The van der Waals surface area contributed by atoms with Gasteiger partial charge in [0.15, 0.2) is 0 Å². The van der Waals surface area contributed by atoms with E-state index in [2.05, 4.69) is 4.72 Å². The van der Waals surface area contributed by atoms with Crippen LogP contribution in [0.5, 0.6) is 0 Å². The normalized spacial score (nSPS) is 18.8. The standard InChI is InChI=1S/C18H31BN2O4S.C2H6O3S/c1-8-21(9-2)14(3)26(22,23)20-16-12-10-15(11-13-16)19-24-17(4,5)18(6,7)25-19;1-2-6(3,4)5/h10-14,20H,8-9H2,1-7H3;2H2,1H3,(H,3,4,5). The largest absolute Gasteiger partial charge is 0.494 e. The maximum atomic E-state index is 12.6. The molecule has 0 aromatic heterocycles. The molecule has 0 radical (unpaired) electrons. The Morgan fingerprint density at radius 3 is 1.72 bits per heavy atom. The van der Waals surface area contributed by atoms with Crippen molar-refractivity contribution in [1.29, 1.82) is 0 Å². The van der Waals surface area contributed by atoms with Gasteiger partial charge in [0.05, 0.1) is 17.0 Å². The van der Waals surface area contributed by atoms with Gasteiger partial charge in [0.25, 0.3) is 10.1 Å². The van der Waals surface area contributed by atoms with Crippen LogP contribution >= 0.6 is 0 Å². The molecular weight excluding hydrogens is 455 g/mol. The number of anilines is 1. The molecule has 2 N–H and O–H groups in total. The maximum absolute atomic E-state index is 12.6. The van der Waals surface area contributed by atoms with Crippen LogP contribution in [0.2, 0.25) is 0 Å². The molecule has 1 fully saturated rings. The number of nitrogens with one attached hydrogen (secondary N) is 1. The molecule has 1 aromatic carbocycles. The summed E-state index contributed by atoms with van der Waals surface area (Å²) in [4.78, 5) is 1.89. The van der Waals surface area contributed by atoms with Crippen molar-refractivity contribution in [3.63, 3.8) is 0 Å². The average molecular weight is 492 g/mol. The van der Waals surface area contributed by atoms with Gasteiger partial charge >= 0.3 is 7.12 Å². The molecule has 0 aliphatic carbocycles. The molecule has 1 saturated heterocycles. The predicted octanol–water partition coefficient (Wildman–Crippen LogP) is 2.31. The van der Waals surface area contributed by atoms with Gasteiger partial charge in [-0.25, -0.2) is 8.42 Å². The molecule has 1 atom stereocenters. The van der Waals surface area contributed by atoms with Crippen LogP contribution in [0.3, 0.4) is 0 Å². The van der Waals surface area contributed by atoms with Gasteiger partial charge in [-0.3, -0.25) is 14.2 Å². The van der Waals surface area contributed by atoms with Crippen molar-refractivity contribution in [2.45, 2.75) is 72.0 Å². The van der Waals surface area contributed by atoms with E-state index in [1.807, 2.05) is 58.6 Å². The quantitative estimate of drug-likeness (QED) is 0.419. The first kappa shape index (κ1) is 28.9. The van der Waals surface area contributed by atoms with Crippen LogP contribution in [0.1, 0.15) is 55.4 Å². The molecule has 1 heterocycles. The fraction of sp³-hybridized carbons (Fsp3) is 0.700. The zero-order chi connectivity index (χ0) is 25.0. The third-order valence-electron chi connectivity index (χ3n) is 5.84. The van der Waals surface area contributed by atoms with E-state index in [0.717, 1.165) is 5.46 Å². The molecule has 32 heavy (non-hydrogen) atoms. The van der Waals surface area contributed by atoms with Gasteiger partial charge < -0.3 is 9.31 Å². The second-order valence-electron chi connectivity index (χ2n) is 8.55. The summed E-state index contributed by atoms with van der Waals surface area (Å²) in [6, 6.07) is 7.16. The lowest BCUT2D eigenvalue weighted by molar-refractivity contribution is 0.00578. The van der Waals surface area contributed by atoms with Crippen molar-refractivity contribution in [1.82, 2.24) is 4.90 Å². The molecule has 0 amide bonds. The first-order valence-corrected chi connectivity index (χ1v) is 13.8. The minimum Gasteiger partial charge on any atom is -0.399 e. The van der Waals surface area contributed by atoms with Gasteiger partial charge in [-0.1, -0.05) is 26.0 Å². The Bertz CT molecular complexity index is 929. The average Bonchev–Trinajstić information content (AvgIpc) is 2.90. The summed E-state index contributed by atoms with van der Waals surface area (Å²) in [5, 5.41) is -0.597. The molecule has 184 valence electrons. The third kappa shape index (κ3) is 7.70. The first-order chi connectivity index (χ1) is 14.5. The minimum absolute atomic E-state index is 0.201. The molecule has 1 aliphatic rings. The smallest absolute Gasteiger partial charge is 0.399 e. The van der Waals surface area contributed by atoms with Crippen LogP contribution in [0.25, 0.3) is 0 Å². The molecule has 2 rings (SSSR count). The highest BCUT2D eigenvalue weighted by atomic mass is 32.2. The second-order valence-corrected chi connectivity index (χ2v) is 12.3. The van der Waals surface area contributed by atoms with E-state index < -0.39 is 43.8 Å². The van der Waals surface area contributed by atoms with Crippen molar-refractivity contribution >= 4 is 38.4 Å². The zero-order valence-corrected chi connectivity index (χ0v) is 21.9. The van der Waals surface area contributed by atoms with Crippen molar-refractivity contribution in [3.05, 3.63) is 24.3 Å². The molecule has 1 aliphatic heterocycles. The number of nitrogens with zero attached hydrogens (tertiary/aromatic N) is 1. The van der Waals surface area contributed by atoms with E-state index in [4.69, 9.17) is 13.9 Å². The molecule has 0 spiro atoms. The second kappa shape index (κ2) is 10.8. The molecule has 0 saturated carbocycles.